The van der Waals surface area contributed by atoms with Crippen LogP contribution in [0.2, 0.25) is 0 Å². The van der Waals surface area contributed by atoms with Crippen LogP contribution >= 0.6 is 0 Å². The monoisotopic (exact) mass is 365 g/mol. The highest BCUT2D eigenvalue weighted by Crippen LogP contribution is 2.27. The van der Waals surface area contributed by atoms with Gasteiger partial charge in [0.05, 0.1) is 24.5 Å². The van der Waals surface area contributed by atoms with Crippen molar-refractivity contribution in [1.29, 1.82) is 0 Å². The van der Waals surface area contributed by atoms with Crippen LogP contribution in [-0.2, 0) is 11.8 Å². The van der Waals surface area contributed by atoms with E-state index in [9.17, 15) is 4.79 Å². The quantitative estimate of drug-likeness (QED) is 0.774. The molecule has 140 valence electrons. The fourth-order valence-corrected chi connectivity index (χ4v) is 3.58. The minimum atomic E-state index is -0.103. The normalized spacial score (nSPS) is 17.3. The van der Waals surface area contributed by atoms with Crippen LogP contribution in [0.4, 0.5) is 0 Å². The van der Waals surface area contributed by atoms with E-state index in [1.54, 1.807) is 0 Å². The Morgan fingerprint density at radius 2 is 2.04 bits per heavy atom. The second kappa shape index (κ2) is 7.00. The number of amides is 1. The number of carbonyl (C=O) groups excluding carboxylic acids is 1. The second-order valence-electron chi connectivity index (χ2n) is 6.86. The van der Waals surface area contributed by atoms with E-state index in [2.05, 4.69) is 15.3 Å². The Kier molecular flexibility index (Phi) is 4.53. The highest BCUT2D eigenvalue weighted by molar-refractivity contribution is 5.93. The van der Waals surface area contributed by atoms with Crippen LogP contribution < -0.4 is 0 Å². The fourth-order valence-electron chi connectivity index (χ4n) is 3.58. The molecule has 7 nitrogen and oxygen atoms in total. The molecule has 1 atom stereocenters. The molecule has 0 radical (unpaired) electrons. The van der Waals surface area contributed by atoms with E-state index in [0.29, 0.717) is 25.4 Å². The van der Waals surface area contributed by atoms with Gasteiger partial charge in [0, 0.05) is 24.8 Å². The molecule has 27 heavy (non-hydrogen) atoms. The van der Waals surface area contributed by atoms with Crippen LogP contribution in [0.3, 0.4) is 0 Å². The van der Waals surface area contributed by atoms with Crippen LogP contribution in [0.1, 0.15) is 33.5 Å². The van der Waals surface area contributed by atoms with Crippen molar-refractivity contribution in [2.75, 3.05) is 19.7 Å². The smallest absolute Gasteiger partial charge is 0.272 e. The molecule has 0 saturated carbocycles. The number of ether oxygens (including phenoxy) is 1. The Balaban J connectivity index is 1.54. The zero-order valence-electron chi connectivity index (χ0n) is 15.8. The predicted octanol–water partition coefficient (Wildman–Crippen LogP) is 2.64. The molecule has 3 aromatic rings. The number of rotatable bonds is 3. The zero-order chi connectivity index (χ0) is 19.0. The second-order valence-corrected chi connectivity index (χ2v) is 6.86. The Morgan fingerprint density at radius 3 is 2.74 bits per heavy atom. The number of aryl methyl sites for hydroxylation is 2. The van der Waals surface area contributed by atoms with E-state index >= 15 is 0 Å². The molecule has 1 fully saturated rings. The van der Waals surface area contributed by atoms with Crippen molar-refractivity contribution in [2.24, 2.45) is 7.05 Å². The maximum atomic E-state index is 13.0. The first kappa shape index (κ1) is 17.5. The number of H-pyrrole nitrogens is 1. The Bertz CT molecular complexity index is 960. The van der Waals surface area contributed by atoms with Gasteiger partial charge in [-0.05, 0) is 25.5 Å². The van der Waals surface area contributed by atoms with Crippen LogP contribution in [0.25, 0.3) is 11.3 Å². The molecule has 3 heterocycles. The van der Waals surface area contributed by atoms with Crippen molar-refractivity contribution in [1.82, 2.24) is 24.9 Å². The molecule has 0 spiro atoms. The van der Waals surface area contributed by atoms with E-state index in [1.807, 2.05) is 66.9 Å². The number of nitrogens with zero attached hydrogens (tertiary/aromatic N) is 4. The summed E-state index contributed by atoms with van der Waals surface area (Å²) in [7, 11) is 1.90. The van der Waals surface area contributed by atoms with Gasteiger partial charge in [0.2, 0.25) is 0 Å². The molecule has 1 aliphatic heterocycles. The van der Waals surface area contributed by atoms with E-state index in [1.165, 1.54) is 0 Å². The lowest BCUT2D eigenvalue weighted by molar-refractivity contribution is -0.0230. The van der Waals surface area contributed by atoms with Crippen LogP contribution in [0, 0.1) is 13.8 Å². The first-order valence-corrected chi connectivity index (χ1v) is 9.06. The number of aromatic amines is 1. The summed E-state index contributed by atoms with van der Waals surface area (Å²) in [5.74, 6) is -0.0582. The van der Waals surface area contributed by atoms with Crippen LogP contribution in [0.15, 0.2) is 36.4 Å². The number of hydrogen-bond acceptors (Lipinski definition) is 4. The largest absolute Gasteiger partial charge is 0.370 e. The molecule has 1 saturated heterocycles. The van der Waals surface area contributed by atoms with E-state index in [-0.39, 0.29) is 12.0 Å². The number of benzene rings is 1. The zero-order valence-corrected chi connectivity index (χ0v) is 15.8. The maximum absolute atomic E-state index is 13.0. The highest BCUT2D eigenvalue weighted by atomic mass is 16.5. The summed E-state index contributed by atoms with van der Waals surface area (Å²) in [6.07, 6.45) is -0.103. The van der Waals surface area contributed by atoms with Gasteiger partial charge in [-0.2, -0.15) is 10.2 Å². The lowest BCUT2D eigenvalue weighted by atomic mass is 10.1. The van der Waals surface area contributed by atoms with Crippen LogP contribution in [0.5, 0.6) is 0 Å². The van der Waals surface area contributed by atoms with Gasteiger partial charge in [0.1, 0.15) is 11.8 Å². The van der Waals surface area contributed by atoms with Gasteiger partial charge in [-0.15, -0.1) is 0 Å². The van der Waals surface area contributed by atoms with Gasteiger partial charge in [-0.3, -0.25) is 14.6 Å². The molecule has 4 rings (SSSR count). The van der Waals surface area contributed by atoms with Crippen molar-refractivity contribution in [3.63, 3.8) is 0 Å². The lowest BCUT2D eigenvalue weighted by Gasteiger charge is -2.32. The minimum absolute atomic E-state index is 0.0582. The van der Waals surface area contributed by atoms with Gasteiger partial charge in [-0.25, -0.2) is 0 Å². The summed E-state index contributed by atoms with van der Waals surface area (Å²) in [6.45, 7) is 5.57. The molecule has 2 aromatic heterocycles. The van der Waals surface area contributed by atoms with Gasteiger partial charge in [-0.1, -0.05) is 30.3 Å². The van der Waals surface area contributed by atoms with E-state index < -0.39 is 0 Å². The third-order valence-electron chi connectivity index (χ3n) is 5.10. The minimum Gasteiger partial charge on any atom is -0.370 e. The van der Waals surface area contributed by atoms with Crippen molar-refractivity contribution in [2.45, 2.75) is 20.0 Å². The molecular formula is C20H23N5O2. The number of carbonyl (C=O) groups is 1. The first-order chi connectivity index (χ1) is 13.0. The number of nitrogens with one attached hydrogen (secondary N) is 1. The molecular weight excluding hydrogens is 342 g/mol. The molecule has 1 amide bonds. The summed E-state index contributed by atoms with van der Waals surface area (Å²) in [5, 5.41) is 11.7. The van der Waals surface area contributed by atoms with Crippen molar-refractivity contribution in [3.8, 4) is 11.3 Å². The third-order valence-corrected chi connectivity index (χ3v) is 5.10. The molecule has 7 heteroatoms. The van der Waals surface area contributed by atoms with Crippen molar-refractivity contribution < 1.29 is 9.53 Å². The van der Waals surface area contributed by atoms with Crippen molar-refractivity contribution in [3.05, 3.63) is 59.0 Å². The average Bonchev–Trinajstić information content (AvgIpc) is 3.26. The van der Waals surface area contributed by atoms with Crippen molar-refractivity contribution >= 4 is 5.91 Å². The standard InChI is InChI=1S/C20H23N5O2/c1-13-19(14(2)24(3)23-13)16-11-17(22-21-16)20(26)25-9-10-27-18(12-25)15-7-5-4-6-8-15/h4-8,11,18H,9-10,12H2,1-3H3,(H,21,22)/t18-/m1/s1. The first-order valence-electron chi connectivity index (χ1n) is 9.06. The molecule has 1 aromatic carbocycles. The van der Waals surface area contributed by atoms with Crippen LogP contribution in [-0.4, -0.2) is 50.5 Å². The molecule has 1 N–H and O–H groups in total. The number of hydrogen-bond donors (Lipinski definition) is 1. The molecule has 1 aliphatic rings. The Labute approximate surface area is 157 Å². The summed E-state index contributed by atoms with van der Waals surface area (Å²) < 4.78 is 7.68. The Morgan fingerprint density at radius 1 is 1.26 bits per heavy atom. The summed E-state index contributed by atoms with van der Waals surface area (Å²) >= 11 is 0. The van der Waals surface area contributed by atoms with Gasteiger partial charge in [0.15, 0.2) is 0 Å². The van der Waals surface area contributed by atoms with E-state index in [0.717, 1.165) is 28.2 Å². The summed E-state index contributed by atoms with van der Waals surface area (Å²) in [4.78, 5) is 14.8. The Hall–Kier alpha value is -2.93. The van der Waals surface area contributed by atoms with E-state index in [4.69, 9.17) is 4.74 Å². The maximum Gasteiger partial charge on any atom is 0.272 e. The lowest BCUT2D eigenvalue weighted by Crippen LogP contribution is -2.42. The fraction of sp³-hybridized carbons (Fsp3) is 0.350. The summed E-state index contributed by atoms with van der Waals surface area (Å²) in [5.41, 5.74) is 5.21. The molecule has 0 aliphatic carbocycles. The predicted molar refractivity (Wildman–Crippen MR) is 101 cm³/mol. The topological polar surface area (TPSA) is 76.0 Å². The average molecular weight is 365 g/mol. The highest BCUT2D eigenvalue weighted by Gasteiger charge is 2.27. The SMILES string of the molecule is Cc1nn(C)c(C)c1-c1cc(C(=O)N2CCO[C@@H](c3ccccc3)C2)[nH]n1. The number of aromatic nitrogens is 4. The van der Waals surface area contributed by atoms with Gasteiger partial charge >= 0.3 is 0 Å². The molecule has 0 bridgehead atoms. The molecule has 0 unspecified atom stereocenters. The summed E-state index contributed by atoms with van der Waals surface area (Å²) in [6, 6.07) is 11.8. The third kappa shape index (κ3) is 3.26. The number of morpholine rings is 1. The van der Waals surface area contributed by atoms with Gasteiger partial charge in [0.25, 0.3) is 5.91 Å². The van der Waals surface area contributed by atoms with Gasteiger partial charge < -0.3 is 9.64 Å².